The number of Topliss-reactive ketones (excluding diaryl/α,β-unsaturated/α-hetero) is 1. The lowest BCUT2D eigenvalue weighted by Crippen LogP contribution is -2.12. The molecular weight excluding hydrogens is 255 g/mol. The van der Waals surface area contributed by atoms with Crippen LogP contribution in [0.25, 0.3) is 0 Å². The van der Waals surface area contributed by atoms with Crippen LogP contribution in [-0.4, -0.2) is 12.9 Å². The van der Waals surface area contributed by atoms with E-state index in [1.165, 1.54) is 13.2 Å². The number of hydrogen-bond acceptors (Lipinski definition) is 2. The van der Waals surface area contributed by atoms with Crippen LogP contribution in [0.4, 0.5) is 4.39 Å². The lowest BCUT2D eigenvalue weighted by molar-refractivity contribution is -0.119. The zero-order chi connectivity index (χ0) is 14.5. The molecule has 0 aliphatic rings. The molecule has 3 heteroatoms. The fourth-order valence-corrected chi connectivity index (χ4v) is 2.10. The van der Waals surface area contributed by atoms with Gasteiger partial charge in [0, 0.05) is 12.3 Å². The second kappa shape index (κ2) is 6.33. The molecule has 0 aliphatic heterocycles. The van der Waals surface area contributed by atoms with Crippen molar-refractivity contribution in [1.29, 1.82) is 0 Å². The molecule has 0 saturated carbocycles. The minimum atomic E-state index is -0.440. The van der Waals surface area contributed by atoms with Gasteiger partial charge < -0.3 is 4.74 Å². The molecule has 0 fully saturated rings. The molecule has 104 valence electrons. The summed E-state index contributed by atoms with van der Waals surface area (Å²) in [6.07, 6.45) is 0.219. The fraction of sp³-hybridized carbons (Fsp3) is 0.235. The summed E-state index contributed by atoms with van der Waals surface area (Å²) in [6.45, 7) is 1.87. The Labute approximate surface area is 118 Å². The van der Waals surface area contributed by atoms with Gasteiger partial charge in [0.15, 0.2) is 11.6 Å². The van der Waals surface area contributed by atoms with Crippen molar-refractivity contribution in [2.75, 3.05) is 7.11 Å². The predicted octanol–water partition coefficient (Wildman–Crippen LogP) is 3.75. The van der Waals surface area contributed by atoms with Gasteiger partial charge in [0.2, 0.25) is 0 Å². The maximum atomic E-state index is 13.6. The van der Waals surface area contributed by atoms with Gasteiger partial charge in [-0.25, -0.2) is 4.39 Å². The number of ether oxygens (including phenoxy) is 1. The summed E-state index contributed by atoms with van der Waals surface area (Å²) < 4.78 is 18.5. The van der Waals surface area contributed by atoms with Crippen molar-refractivity contribution in [3.05, 3.63) is 65.5 Å². The highest BCUT2D eigenvalue weighted by Gasteiger charge is 2.16. The second-order valence-electron chi connectivity index (χ2n) is 4.74. The third kappa shape index (κ3) is 3.23. The summed E-state index contributed by atoms with van der Waals surface area (Å²) in [5.41, 5.74) is 1.64. The molecule has 1 unspecified atom stereocenters. The Bertz CT molecular complexity index is 593. The summed E-state index contributed by atoms with van der Waals surface area (Å²) in [6, 6.07) is 14.2. The zero-order valence-corrected chi connectivity index (χ0v) is 11.6. The highest BCUT2D eigenvalue weighted by atomic mass is 19.1. The molecule has 0 amide bonds. The van der Waals surface area contributed by atoms with E-state index in [1.54, 1.807) is 12.1 Å². The van der Waals surface area contributed by atoms with Crippen LogP contribution in [0.5, 0.6) is 5.75 Å². The molecule has 0 N–H and O–H groups in total. The summed E-state index contributed by atoms with van der Waals surface area (Å²) in [7, 11) is 1.42. The van der Waals surface area contributed by atoms with E-state index in [4.69, 9.17) is 4.74 Å². The third-order valence-corrected chi connectivity index (χ3v) is 3.38. The van der Waals surface area contributed by atoms with Crippen LogP contribution in [-0.2, 0) is 11.2 Å². The first-order chi connectivity index (χ1) is 9.61. The number of hydrogen-bond donors (Lipinski definition) is 0. The van der Waals surface area contributed by atoms with Gasteiger partial charge >= 0.3 is 0 Å². The number of carbonyl (C=O) groups is 1. The quantitative estimate of drug-likeness (QED) is 0.828. The lowest BCUT2D eigenvalue weighted by Gasteiger charge is -2.11. The monoisotopic (exact) mass is 272 g/mol. The van der Waals surface area contributed by atoms with Crippen LogP contribution in [0, 0.1) is 5.82 Å². The van der Waals surface area contributed by atoms with Gasteiger partial charge in [-0.1, -0.05) is 43.3 Å². The highest BCUT2D eigenvalue weighted by molar-refractivity contribution is 5.87. The molecule has 2 rings (SSSR count). The molecule has 0 aromatic heterocycles. The molecule has 2 aromatic carbocycles. The van der Waals surface area contributed by atoms with Gasteiger partial charge in [-0.05, 0) is 23.3 Å². The first-order valence-electron chi connectivity index (χ1n) is 6.52. The number of halogens is 1. The Morgan fingerprint density at radius 2 is 1.90 bits per heavy atom. The first kappa shape index (κ1) is 14.3. The van der Waals surface area contributed by atoms with E-state index in [1.807, 2.05) is 37.3 Å². The van der Waals surface area contributed by atoms with Crippen LogP contribution in [0.15, 0.2) is 48.5 Å². The van der Waals surface area contributed by atoms with E-state index < -0.39 is 5.82 Å². The Hall–Kier alpha value is -2.16. The normalized spacial score (nSPS) is 11.9. The summed E-state index contributed by atoms with van der Waals surface area (Å²) in [5.74, 6) is -0.371. The van der Waals surface area contributed by atoms with Crippen LogP contribution >= 0.6 is 0 Å². The van der Waals surface area contributed by atoms with Crippen molar-refractivity contribution in [3.63, 3.8) is 0 Å². The number of benzene rings is 2. The maximum Gasteiger partial charge on any atom is 0.165 e. The van der Waals surface area contributed by atoms with Gasteiger partial charge in [-0.15, -0.1) is 0 Å². The standard InChI is InChI=1S/C17H17FO2/c1-12(14-6-4-3-5-7-14)16(19)11-13-8-9-17(20-2)15(18)10-13/h3-10,12H,11H2,1-2H3. The molecule has 0 aliphatic carbocycles. The molecule has 0 saturated heterocycles. The van der Waals surface area contributed by atoms with Crippen LogP contribution < -0.4 is 4.74 Å². The number of rotatable bonds is 5. The molecule has 0 spiro atoms. The van der Waals surface area contributed by atoms with Crippen molar-refractivity contribution in [2.24, 2.45) is 0 Å². The van der Waals surface area contributed by atoms with E-state index in [0.29, 0.717) is 5.56 Å². The van der Waals surface area contributed by atoms with Crippen molar-refractivity contribution < 1.29 is 13.9 Å². The number of ketones is 1. The highest BCUT2D eigenvalue weighted by Crippen LogP contribution is 2.21. The Morgan fingerprint density at radius 1 is 1.20 bits per heavy atom. The summed E-state index contributed by atoms with van der Waals surface area (Å²) >= 11 is 0. The summed E-state index contributed by atoms with van der Waals surface area (Å²) in [4.78, 5) is 12.2. The van der Waals surface area contributed by atoms with Crippen LogP contribution in [0.1, 0.15) is 24.0 Å². The maximum absolute atomic E-state index is 13.6. The van der Waals surface area contributed by atoms with E-state index in [-0.39, 0.29) is 23.9 Å². The van der Waals surface area contributed by atoms with E-state index >= 15 is 0 Å². The number of methoxy groups -OCH3 is 1. The second-order valence-corrected chi connectivity index (χ2v) is 4.74. The SMILES string of the molecule is COc1ccc(CC(=O)C(C)c2ccccc2)cc1F. The van der Waals surface area contributed by atoms with Crippen molar-refractivity contribution in [3.8, 4) is 5.75 Å². The van der Waals surface area contributed by atoms with Crippen molar-refractivity contribution in [2.45, 2.75) is 19.3 Å². The van der Waals surface area contributed by atoms with Crippen molar-refractivity contribution in [1.82, 2.24) is 0 Å². The molecule has 20 heavy (non-hydrogen) atoms. The lowest BCUT2D eigenvalue weighted by atomic mass is 9.93. The minimum Gasteiger partial charge on any atom is -0.494 e. The van der Waals surface area contributed by atoms with Gasteiger partial charge in [-0.2, -0.15) is 0 Å². The number of carbonyl (C=O) groups excluding carboxylic acids is 1. The smallest absolute Gasteiger partial charge is 0.165 e. The topological polar surface area (TPSA) is 26.3 Å². The first-order valence-corrected chi connectivity index (χ1v) is 6.52. The average Bonchev–Trinajstić information content (AvgIpc) is 2.47. The molecular formula is C17H17FO2. The Balaban J connectivity index is 2.10. The molecule has 0 radical (unpaired) electrons. The molecule has 1 atom stereocenters. The average molecular weight is 272 g/mol. The van der Waals surface area contributed by atoms with Crippen LogP contribution in [0.2, 0.25) is 0 Å². The summed E-state index contributed by atoms with van der Waals surface area (Å²) in [5, 5.41) is 0. The van der Waals surface area contributed by atoms with Gasteiger partial charge in [0.25, 0.3) is 0 Å². The third-order valence-electron chi connectivity index (χ3n) is 3.38. The van der Waals surface area contributed by atoms with Gasteiger partial charge in [0.05, 0.1) is 7.11 Å². The molecule has 0 heterocycles. The molecule has 2 nitrogen and oxygen atoms in total. The van der Waals surface area contributed by atoms with Gasteiger partial charge in [-0.3, -0.25) is 4.79 Å². The van der Waals surface area contributed by atoms with Crippen LogP contribution in [0.3, 0.4) is 0 Å². The fourth-order valence-electron chi connectivity index (χ4n) is 2.10. The van der Waals surface area contributed by atoms with E-state index in [9.17, 15) is 9.18 Å². The Kier molecular flexibility index (Phi) is 4.51. The van der Waals surface area contributed by atoms with E-state index in [0.717, 1.165) is 5.56 Å². The largest absolute Gasteiger partial charge is 0.494 e. The molecule has 2 aromatic rings. The Morgan fingerprint density at radius 3 is 2.50 bits per heavy atom. The molecule has 0 bridgehead atoms. The van der Waals surface area contributed by atoms with Crippen molar-refractivity contribution >= 4 is 5.78 Å². The van der Waals surface area contributed by atoms with E-state index in [2.05, 4.69) is 0 Å². The minimum absolute atomic E-state index is 0.0702. The van der Waals surface area contributed by atoms with Gasteiger partial charge in [0.1, 0.15) is 5.78 Å². The zero-order valence-electron chi connectivity index (χ0n) is 11.6. The predicted molar refractivity (Wildman–Crippen MR) is 76.5 cm³/mol.